The van der Waals surface area contributed by atoms with Crippen LogP contribution in [0.25, 0.3) is 0 Å². The first kappa shape index (κ1) is 16.6. The second kappa shape index (κ2) is 6.72. The van der Waals surface area contributed by atoms with Crippen LogP contribution in [0.3, 0.4) is 0 Å². The summed E-state index contributed by atoms with van der Waals surface area (Å²) in [6.45, 7) is 2.18. The van der Waals surface area contributed by atoms with E-state index in [4.69, 9.17) is 4.42 Å². The second-order valence-corrected chi connectivity index (χ2v) is 8.06. The van der Waals surface area contributed by atoms with Gasteiger partial charge in [0.1, 0.15) is 0 Å². The molecule has 3 heterocycles. The van der Waals surface area contributed by atoms with Gasteiger partial charge in [-0.25, -0.2) is 13.4 Å². The number of aryl methyl sites for hydroxylation is 1. The van der Waals surface area contributed by atoms with E-state index in [1.807, 2.05) is 13.0 Å². The fourth-order valence-corrected chi connectivity index (χ4v) is 4.63. The second-order valence-electron chi connectivity index (χ2n) is 5.83. The summed E-state index contributed by atoms with van der Waals surface area (Å²) in [7, 11) is -3.11. The summed E-state index contributed by atoms with van der Waals surface area (Å²) in [5.74, 6) is -0.0545. The van der Waals surface area contributed by atoms with Gasteiger partial charge in [0.05, 0.1) is 17.2 Å². The topological polar surface area (TPSA) is 93.4 Å². The zero-order chi connectivity index (χ0) is 17.2. The van der Waals surface area contributed by atoms with Crippen molar-refractivity contribution >= 4 is 15.7 Å². The number of rotatable bonds is 5. The Labute approximate surface area is 140 Å². The average Bonchev–Trinajstić information content (AvgIpc) is 3.19. The van der Waals surface area contributed by atoms with Crippen molar-refractivity contribution in [2.75, 3.05) is 11.5 Å². The smallest absolute Gasteiger partial charge is 0.292 e. The summed E-state index contributed by atoms with van der Waals surface area (Å²) < 4.78 is 29.0. The first-order valence-electron chi connectivity index (χ1n) is 7.83. The van der Waals surface area contributed by atoms with E-state index in [9.17, 15) is 13.2 Å². The summed E-state index contributed by atoms with van der Waals surface area (Å²) >= 11 is 0. The largest absolute Gasteiger partial charge is 0.438 e. The highest BCUT2D eigenvalue weighted by Crippen LogP contribution is 2.23. The van der Waals surface area contributed by atoms with Gasteiger partial charge in [0.2, 0.25) is 5.76 Å². The number of hydrogen-bond donors (Lipinski definition) is 0. The molecule has 1 fully saturated rings. The quantitative estimate of drug-likeness (QED) is 0.811. The van der Waals surface area contributed by atoms with Gasteiger partial charge in [-0.1, -0.05) is 13.0 Å². The van der Waals surface area contributed by atoms with Crippen molar-refractivity contribution in [3.05, 3.63) is 47.9 Å². The third-order valence-electron chi connectivity index (χ3n) is 4.16. The first-order chi connectivity index (χ1) is 11.5. The van der Waals surface area contributed by atoms with Gasteiger partial charge in [0.25, 0.3) is 5.91 Å². The van der Waals surface area contributed by atoms with Crippen LogP contribution in [0.2, 0.25) is 0 Å². The van der Waals surface area contributed by atoms with Crippen molar-refractivity contribution in [1.82, 2.24) is 14.9 Å². The van der Waals surface area contributed by atoms with E-state index in [0.29, 0.717) is 18.5 Å². The molecule has 7 nitrogen and oxygen atoms in total. The molecule has 2 aromatic heterocycles. The molecule has 8 heteroatoms. The van der Waals surface area contributed by atoms with Gasteiger partial charge in [-0.3, -0.25) is 9.78 Å². The highest BCUT2D eigenvalue weighted by molar-refractivity contribution is 7.91. The molecule has 0 N–H and O–H groups in total. The number of nitrogens with zero attached hydrogens (tertiary/aromatic N) is 3. The number of aromatic nitrogens is 2. The van der Waals surface area contributed by atoms with Gasteiger partial charge < -0.3 is 9.32 Å². The van der Waals surface area contributed by atoms with Gasteiger partial charge >= 0.3 is 0 Å². The fourth-order valence-electron chi connectivity index (χ4n) is 2.90. The van der Waals surface area contributed by atoms with E-state index >= 15 is 0 Å². The predicted octanol–water partition coefficient (Wildman–Crippen LogP) is 1.46. The van der Waals surface area contributed by atoms with Crippen molar-refractivity contribution in [2.45, 2.75) is 32.4 Å². The molecule has 2 aromatic rings. The van der Waals surface area contributed by atoms with E-state index in [-0.39, 0.29) is 35.8 Å². The number of sulfone groups is 1. The molecule has 0 spiro atoms. The molecule has 0 aliphatic carbocycles. The molecule has 0 radical (unpaired) electrons. The lowest BCUT2D eigenvalue weighted by Gasteiger charge is -2.27. The summed E-state index contributed by atoms with van der Waals surface area (Å²) in [4.78, 5) is 22.6. The van der Waals surface area contributed by atoms with Crippen LogP contribution >= 0.6 is 0 Å². The number of amides is 1. The predicted molar refractivity (Wildman–Crippen MR) is 87.1 cm³/mol. The molecule has 3 rings (SSSR count). The van der Waals surface area contributed by atoms with Crippen LogP contribution in [-0.4, -0.2) is 46.7 Å². The maximum atomic E-state index is 13.0. The lowest BCUT2D eigenvalue weighted by molar-refractivity contribution is 0.0646. The van der Waals surface area contributed by atoms with E-state index in [2.05, 4.69) is 9.97 Å². The van der Waals surface area contributed by atoms with Crippen LogP contribution < -0.4 is 0 Å². The molecular weight excluding hydrogens is 330 g/mol. The standard InChI is InChI=1S/C16H19N3O4S/c1-2-14-15(23-11-18-14)16(20)19(9-12-4-3-6-17-8-12)13-5-7-24(21,22)10-13/h3-4,6,8,11,13H,2,5,7,9-10H2,1H3. The van der Waals surface area contributed by atoms with E-state index in [0.717, 1.165) is 5.56 Å². The van der Waals surface area contributed by atoms with Crippen LogP contribution in [0.1, 0.15) is 35.2 Å². The SMILES string of the molecule is CCc1ncoc1C(=O)N(Cc1cccnc1)C1CCS(=O)(=O)C1. The van der Waals surface area contributed by atoms with Gasteiger partial charge in [0.15, 0.2) is 16.2 Å². The maximum absolute atomic E-state index is 13.0. The maximum Gasteiger partial charge on any atom is 0.292 e. The van der Waals surface area contributed by atoms with Crippen LogP contribution in [0.15, 0.2) is 35.3 Å². The lowest BCUT2D eigenvalue weighted by Crippen LogP contribution is -2.40. The molecule has 1 unspecified atom stereocenters. The Bertz CT molecular complexity index is 817. The minimum Gasteiger partial charge on any atom is -0.438 e. The molecular formula is C16H19N3O4S. The molecule has 1 atom stereocenters. The van der Waals surface area contributed by atoms with Gasteiger partial charge in [-0.15, -0.1) is 0 Å². The number of carbonyl (C=O) groups is 1. The lowest BCUT2D eigenvalue weighted by atomic mass is 10.1. The molecule has 1 aliphatic heterocycles. The zero-order valence-corrected chi connectivity index (χ0v) is 14.2. The van der Waals surface area contributed by atoms with Crippen molar-refractivity contribution in [1.29, 1.82) is 0 Å². The Morgan fingerprint density at radius 1 is 1.46 bits per heavy atom. The molecule has 24 heavy (non-hydrogen) atoms. The van der Waals surface area contributed by atoms with Crippen molar-refractivity contribution in [3.8, 4) is 0 Å². The molecule has 0 aromatic carbocycles. The molecule has 1 amide bonds. The Kier molecular flexibility index (Phi) is 4.66. The minimum absolute atomic E-state index is 0.0192. The van der Waals surface area contributed by atoms with Crippen molar-refractivity contribution in [2.24, 2.45) is 0 Å². The third-order valence-corrected chi connectivity index (χ3v) is 5.91. The first-order valence-corrected chi connectivity index (χ1v) is 9.65. The van der Waals surface area contributed by atoms with Crippen molar-refractivity contribution in [3.63, 3.8) is 0 Å². The molecule has 0 bridgehead atoms. The Hall–Kier alpha value is -2.22. The van der Waals surface area contributed by atoms with Gasteiger partial charge in [-0.05, 0) is 24.5 Å². The Balaban J connectivity index is 1.91. The van der Waals surface area contributed by atoms with Gasteiger partial charge in [0, 0.05) is 25.0 Å². The summed E-state index contributed by atoms with van der Waals surface area (Å²) in [6, 6.07) is 3.28. The highest BCUT2D eigenvalue weighted by Gasteiger charge is 2.36. The summed E-state index contributed by atoms with van der Waals surface area (Å²) in [5, 5.41) is 0. The minimum atomic E-state index is -3.11. The van der Waals surface area contributed by atoms with Crippen molar-refractivity contribution < 1.29 is 17.6 Å². The Morgan fingerprint density at radius 2 is 2.29 bits per heavy atom. The molecule has 0 saturated carbocycles. The average molecular weight is 349 g/mol. The van der Waals surface area contributed by atoms with E-state index < -0.39 is 9.84 Å². The van der Waals surface area contributed by atoms with Crippen LogP contribution in [0, 0.1) is 0 Å². The zero-order valence-electron chi connectivity index (χ0n) is 13.4. The number of oxazole rings is 1. The van der Waals surface area contributed by atoms with Crippen LogP contribution in [0.4, 0.5) is 0 Å². The molecule has 1 aliphatic rings. The number of pyridine rings is 1. The summed E-state index contributed by atoms with van der Waals surface area (Å²) in [5.41, 5.74) is 1.42. The fraction of sp³-hybridized carbons (Fsp3) is 0.438. The van der Waals surface area contributed by atoms with Crippen LogP contribution in [-0.2, 0) is 22.8 Å². The van der Waals surface area contributed by atoms with E-state index in [1.54, 1.807) is 23.4 Å². The Morgan fingerprint density at radius 3 is 2.92 bits per heavy atom. The highest BCUT2D eigenvalue weighted by atomic mass is 32.2. The number of hydrogen-bond acceptors (Lipinski definition) is 6. The molecule has 1 saturated heterocycles. The number of carbonyl (C=O) groups excluding carboxylic acids is 1. The van der Waals surface area contributed by atoms with Gasteiger partial charge in [-0.2, -0.15) is 0 Å². The van der Waals surface area contributed by atoms with E-state index in [1.165, 1.54) is 6.39 Å². The normalized spacial score (nSPS) is 19.3. The third kappa shape index (κ3) is 3.48. The van der Waals surface area contributed by atoms with Crippen LogP contribution in [0.5, 0.6) is 0 Å². The summed E-state index contributed by atoms with van der Waals surface area (Å²) in [6.07, 6.45) is 5.58. The molecule has 128 valence electrons. The monoisotopic (exact) mass is 349 g/mol.